The molecule has 0 aliphatic carbocycles. The number of rotatable bonds is 7. The Labute approximate surface area is 166 Å². The van der Waals surface area contributed by atoms with Gasteiger partial charge in [0.1, 0.15) is 6.54 Å². The highest BCUT2D eigenvalue weighted by atomic mass is 32.1. The van der Waals surface area contributed by atoms with E-state index in [1.807, 2.05) is 12.1 Å². The third kappa shape index (κ3) is 5.54. The van der Waals surface area contributed by atoms with Crippen LogP contribution in [-0.2, 0) is 11.3 Å². The summed E-state index contributed by atoms with van der Waals surface area (Å²) in [7, 11) is 2.07. The molecule has 0 spiro atoms. The Morgan fingerprint density at radius 1 is 1.22 bits per heavy atom. The molecule has 1 fully saturated rings. The van der Waals surface area contributed by atoms with Crippen molar-refractivity contribution in [3.63, 3.8) is 0 Å². The molecule has 1 aliphatic rings. The SMILES string of the molecule is CC[NH+]1CCN(c2ccc(NC(=O)C[NH+](C)Cc3sccc3C)cc2)CC1. The molecule has 2 aromatic rings. The topological polar surface area (TPSA) is 41.2 Å². The Morgan fingerprint density at radius 2 is 1.93 bits per heavy atom. The molecule has 1 aliphatic heterocycles. The summed E-state index contributed by atoms with van der Waals surface area (Å²) in [6, 6.07) is 10.4. The average Bonchev–Trinajstić information content (AvgIpc) is 3.07. The van der Waals surface area contributed by atoms with E-state index in [2.05, 4.69) is 54.7 Å². The van der Waals surface area contributed by atoms with Crippen molar-refractivity contribution >= 4 is 28.6 Å². The number of quaternary nitrogens is 2. The largest absolute Gasteiger partial charge is 0.360 e. The Morgan fingerprint density at radius 3 is 2.52 bits per heavy atom. The van der Waals surface area contributed by atoms with E-state index < -0.39 is 0 Å². The molecule has 1 aromatic carbocycles. The predicted octanol–water partition coefficient (Wildman–Crippen LogP) is 0.435. The van der Waals surface area contributed by atoms with Crippen molar-refractivity contribution in [1.82, 2.24) is 0 Å². The molecule has 1 aromatic heterocycles. The lowest BCUT2D eigenvalue weighted by Gasteiger charge is -2.33. The first-order valence-corrected chi connectivity index (χ1v) is 10.8. The number of hydrogen-bond acceptors (Lipinski definition) is 3. The molecule has 146 valence electrons. The molecule has 27 heavy (non-hydrogen) atoms. The molecule has 3 N–H and O–H groups in total. The molecule has 0 saturated carbocycles. The van der Waals surface area contributed by atoms with Gasteiger partial charge in [0.05, 0.1) is 44.6 Å². The molecular weight excluding hydrogens is 356 g/mol. The van der Waals surface area contributed by atoms with Crippen LogP contribution in [0.1, 0.15) is 17.4 Å². The lowest BCUT2D eigenvalue weighted by molar-refractivity contribution is -0.898. The summed E-state index contributed by atoms with van der Waals surface area (Å²) in [5.74, 6) is 0.0645. The van der Waals surface area contributed by atoms with Gasteiger partial charge in [-0.3, -0.25) is 4.79 Å². The molecule has 3 rings (SSSR count). The van der Waals surface area contributed by atoms with E-state index in [1.54, 1.807) is 16.2 Å². The lowest BCUT2D eigenvalue weighted by atomic mass is 10.2. The van der Waals surface area contributed by atoms with Crippen LogP contribution in [0.2, 0.25) is 0 Å². The monoisotopic (exact) mass is 388 g/mol. The van der Waals surface area contributed by atoms with Gasteiger partial charge in [-0.05, 0) is 55.1 Å². The predicted molar refractivity (Wildman–Crippen MR) is 113 cm³/mol. The summed E-state index contributed by atoms with van der Waals surface area (Å²) >= 11 is 1.77. The molecule has 1 amide bonds. The van der Waals surface area contributed by atoms with Crippen molar-refractivity contribution in [2.45, 2.75) is 20.4 Å². The molecule has 1 saturated heterocycles. The number of likely N-dealkylation sites (N-methyl/N-ethyl adjacent to an activating group) is 2. The highest BCUT2D eigenvalue weighted by Crippen LogP contribution is 2.18. The number of amides is 1. The van der Waals surface area contributed by atoms with E-state index in [0.717, 1.165) is 25.3 Å². The number of anilines is 2. The summed E-state index contributed by atoms with van der Waals surface area (Å²) in [5, 5.41) is 5.15. The molecule has 0 bridgehead atoms. The van der Waals surface area contributed by atoms with Gasteiger partial charge in [0.25, 0.3) is 5.91 Å². The Bertz CT molecular complexity index is 735. The standard InChI is InChI=1S/C21H30N4OS/c1-4-24-10-12-25(13-11-24)19-7-5-18(6-8-19)22-21(26)16-23(3)15-20-17(2)9-14-27-20/h5-9,14H,4,10-13,15-16H2,1-3H3,(H,22,26)/p+2. The van der Waals surface area contributed by atoms with Crippen molar-refractivity contribution in [3.8, 4) is 0 Å². The summed E-state index contributed by atoms with van der Waals surface area (Å²) < 4.78 is 0. The van der Waals surface area contributed by atoms with Crippen molar-refractivity contribution in [2.75, 3.05) is 56.5 Å². The molecule has 1 atom stereocenters. The Hall–Kier alpha value is -1.89. The highest BCUT2D eigenvalue weighted by Gasteiger charge is 2.18. The van der Waals surface area contributed by atoms with Crippen molar-refractivity contribution in [2.24, 2.45) is 0 Å². The van der Waals surface area contributed by atoms with E-state index in [4.69, 9.17) is 0 Å². The zero-order chi connectivity index (χ0) is 19.2. The number of aryl methyl sites for hydroxylation is 1. The minimum Gasteiger partial charge on any atom is -0.360 e. The fraction of sp³-hybridized carbons (Fsp3) is 0.476. The minimum atomic E-state index is 0.0645. The first-order valence-electron chi connectivity index (χ1n) is 9.88. The van der Waals surface area contributed by atoms with E-state index in [9.17, 15) is 4.79 Å². The number of piperazine rings is 1. The smallest absolute Gasteiger partial charge is 0.279 e. The quantitative estimate of drug-likeness (QED) is 0.644. The maximum absolute atomic E-state index is 12.4. The second kappa shape index (κ2) is 9.35. The summed E-state index contributed by atoms with van der Waals surface area (Å²) in [6.07, 6.45) is 0. The van der Waals surface area contributed by atoms with Crippen LogP contribution in [0.5, 0.6) is 0 Å². The van der Waals surface area contributed by atoms with E-state index in [-0.39, 0.29) is 5.91 Å². The number of hydrogen-bond donors (Lipinski definition) is 3. The molecule has 5 nitrogen and oxygen atoms in total. The van der Waals surface area contributed by atoms with Crippen LogP contribution in [0.4, 0.5) is 11.4 Å². The Balaban J connectivity index is 1.47. The molecule has 0 radical (unpaired) electrons. The van der Waals surface area contributed by atoms with Crippen LogP contribution in [0.15, 0.2) is 35.7 Å². The van der Waals surface area contributed by atoms with E-state index in [1.165, 1.54) is 40.7 Å². The van der Waals surface area contributed by atoms with Crippen molar-refractivity contribution in [3.05, 3.63) is 46.2 Å². The fourth-order valence-corrected chi connectivity index (χ4v) is 4.61. The molecule has 6 heteroatoms. The zero-order valence-corrected chi connectivity index (χ0v) is 17.5. The normalized spacial score (nSPS) is 16.3. The minimum absolute atomic E-state index is 0.0645. The summed E-state index contributed by atoms with van der Waals surface area (Å²) in [4.78, 5) is 19.0. The van der Waals surface area contributed by atoms with Crippen LogP contribution in [-0.4, -0.2) is 52.2 Å². The number of nitrogens with zero attached hydrogens (tertiary/aromatic N) is 1. The second-order valence-corrected chi connectivity index (χ2v) is 8.52. The van der Waals surface area contributed by atoms with Gasteiger partial charge in [0.15, 0.2) is 6.54 Å². The number of carbonyl (C=O) groups excluding carboxylic acids is 1. The second-order valence-electron chi connectivity index (χ2n) is 7.52. The van der Waals surface area contributed by atoms with Crippen LogP contribution in [0, 0.1) is 6.92 Å². The lowest BCUT2D eigenvalue weighted by Crippen LogP contribution is -3.14. The summed E-state index contributed by atoms with van der Waals surface area (Å²) in [6.45, 7) is 11.6. The fourth-order valence-electron chi connectivity index (χ4n) is 3.59. The van der Waals surface area contributed by atoms with Gasteiger partial charge in [0, 0.05) is 11.4 Å². The van der Waals surface area contributed by atoms with Crippen LogP contribution in [0.3, 0.4) is 0 Å². The van der Waals surface area contributed by atoms with Gasteiger partial charge in [-0.2, -0.15) is 0 Å². The van der Waals surface area contributed by atoms with Crippen molar-refractivity contribution < 1.29 is 14.6 Å². The summed E-state index contributed by atoms with van der Waals surface area (Å²) in [5.41, 5.74) is 3.44. The van der Waals surface area contributed by atoms with Crippen LogP contribution in [0.25, 0.3) is 0 Å². The third-order valence-corrected chi connectivity index (χ3v) is 6.40. The number of benzene rings is 1. The molecule has 2 heterocycles. The highest BCUT2D eigenvalue weighted by molar-refractivity contribution is 7.10. The third-order valence-electron chi connectivity index (χ3n) is 5.38. The number of thiophene rings is 1. The van der Waals surface area contributed by atoms with E-state index in [0.29, 0.717) is 6.54 Å². The molecular formula is C21H32N4OS+2. The average molecular weight is 389 g/mol. The van der Waals surface area contributed by atoms with Crippen LogP contribution >= 0.6 is 11.3 Å². The first-order chi connectivity index (χ1) is 13.0. The van der Waals surface area contributed by atoms with Gasteiger partial charge in [0.2, 0.25) is 0 Å². The Kier molecular flexibility index (Phi) is 6.88. The van der Waals surface area contributed by atoms with Gasteiger partial charge >= 0.3 is 0 Å². The van der Waals surface area contributed by atoms with E-state index >= 15 is 0 Å². The van der Waals surface area contributed by atoms with Crippen LogP contribution < -0.4 is 20.0 Å². The van der Waals surface area contributed by atoms with Gasteiger partial charge in [-0.25, -0.2) is 0 Å². The van der Waals surface area contributed by atoms with Gasteiger partial charge in [-0.15, -0.1) is 11.3 Å². The maximum Gasteiger partial charge on any atom is 0.279 e. The molecule has 1 unspecified atom stereocenters. The number of carbonyl (C=O) groups is 1. The first kappa shape index (κ1) is 19.9. The zero-order valence-electron chi connectivity index (χ0n) is 16.7. The maximum atomic E-state index is 12.4. The number of nitrogens with one attached hydrogen (secondary N) is 3. The van der Waals surface area contributed by atoms with Crippen molar-refractivity contribution in [1.29, 1.82) is 0 Å². The van der Waals surface area contributed by atoms with Gasteiger partial charge < -0.3 is 20.0 Å². The van der Waals surface area contributed by atoms with Gasteiger partial charge in [-0.1, -0.05) is 0 Å².